The zero-order chi connectivity index (χ0) is 18.4. The molecule has 2 aromatic rings. The number of nitrogens with zero attached hydrogens (tertiary/aromatic N) is 4. The lowest BCUT2D eigenvalue weighted by molar-refractivity contribution is -0.135. The summed E-state index contributed by atoms with van der Waals surface area (Å²) in [5.74, 6) is 1.04. The number of hydrogen-bond acceptors (Lipinski definition) is 4. The van der Waals surface area contributed by atoms with Gasteiger partial charge in [-0.05, 0) is 54.4 Å². The summed E-state index contributed by atoms with van der Waals surface area (Å²) in [6.07, 6.45) is 8.27. The maximum absolute atomic E-state index is 11.6. The number of fused-ring (bicyclic) bond motifs is 1. The van der Waals surface area contributed by atoms with E-state index in [9.17, 15) is 4.79 Å². The summed E-state index contributed by atoms with van der Waals surface area (Å²) in [6, 6.07) is 9.16. The third-order valence-corrected chi connectivity index (χ3v) is 6.80. The number of carbonyl (C=O) groups excluding carboxylic acids is 1. The van der Waals surface area contributed by atoms with Crippen LogP contribution < -0.4 is 0 Å². The molecule has 1 atom stereocenters. The van der Waals surface area contributed by atoms with Crippen molar-refractivity contribution < 1.29 is 4.79 Å². The van der Waals surface area contributed by atoms with Crippen LogP contribution in [-0.4, -0.2) is 51.9 Å². The first-order valence-electron chi connectivity index (χ1n) is 10.0. The summed E-state index contributed by atoms with van der Waals surface area (Å²) in [7, 11) is 0. The van der Waals surface area contributed by atoms with E-state index in [1.54, 1.807) is 19.3 Å². The van der Waals surface area contributed by atoms with Crippen molar-refractivity contribution in [1.82, 2.24) is 19.8 Å². The van der Waals surface area contributed by atoms with E-state index in [2.05, 4.69) is 33.1 Å². The van der Waals surface area contributed by atoms with Crippen LogP contribution in [-0.2, 0) is 11.2 Å². The highest BCUT2D eigenvalue weighted by molar-refractivity contribution is 5.73. The van der Waals surface area contributed by atoms with Crippen LogP contribution in [0.3, 0.4) is 0 Å². The number of hydrogen-bond donors (Lipinski definition) is 0. The molecule has 2 aliphatic heterocycles. The maximum Gasteiger partial charge on any atom is 0.219 e. The third-order valence-electron chi connectivity index (χ3n) is 6.80. The zero-order valence-electron chi connectivity index (χ0n) is 15.9. The monoisotopic (exact) mass is 362 g/mol. The fraction of sp³-hybridized carbons (Fsp3) is 0.500. The molecule has 0 radical (unpaired) electrons. The van der Waals surface area contributed by atoms with Gasteiger partial charge in [-0.1, -0.05) is 12.1 Å². The van der Waals surface area contributed by atoms with Crippen molar-refractivity contribution in [3.8, 4) is 11.4 Å². The number of aromatic nitrogens is 2. The number of likely N-dealkylation sites (tertiary alicyclic amines) is 2. The van der Waals surface area contributed by atoms with Gasteiger partial charge in [0.25, 0.3) is 0 Å². The van der Waals surface area contributed by atoms with Gasteiger partial charge >= 0.3 is 0 Å². The average Bonchev–Trinajstić information content (AvgIpc) is 3.09. The van der Waals surface area contributed by atoms with Crippen LogP contribution in [0.4, 0.5) is 0 Å². The Balaban J connectivity index is 1.27. The predicted octanol–water partition coefficient (Wildman–Crippen LogP) is 3.08. The second-order valence-corrected chi connectivity index (χ2v) is 8.45. The Labute approximate surface area is 160 Å². The van der Waals surface area contributed by atoms with E-state index in [1.165, 1.54) is 30.6 Å². The molecule has 5 rings (SSSR count). The highest BCUT2D eigenvalue weighted by Crippen LogP contribution is 2.48. The van der Waals surface area contributed by atoms with E-state index in [1.807, 2.05) is 11.0 Å². The molecule has 2 fully saturated rings. The number of aryl methyl sites for hydroxylation is 1. The minimum atomic E-state index is 0.226. The van der Waals surface area contributed by atoms with Gasteiger partial charge in [0, 0.05) is 57.1 Å². The Hall–Kier alpha value is -2.27. The van der Waals surface area contributed by atoms with Gasteiger partial charge < -0.3 is 4.90 Å². The molecular weight excluding hydrogens is 336 g/mol. The fourth-order valence-corrected chi connectivity index (χ4v) is 5.21. The summed E-state index contributed by atoms with van der Waals surface area (Å²) in [5, 5.41) is 0. The Morgan fingerprint density at radius 3 is 2.59 bits per heavy atom. The number of rotatable bonds is 2. The molecule has 0 saturated carbocycles. The average molecular weight is 362 g/mol. The highest BCUT2D eigenvalue weighted by Gasteiger charge is 2.48. The van der Waals surface area contributed by atoms with Crippen molar-refractivity contribution in [1.29, 1.82) is 0 Å². The molecule has 5 nitrogen and oxygen atoms in total. The quantitative estimate of drug-likeness (QED) is 0.824. The van der Waals surface area contributed by atoms with Gasteiger partial charge in [-0.15, -0.1) is 0 Å². The van der Waals surface area contributed by atoms with Gasteiger partial charge in [-0.25, -0.2) is 9.97 Å². The molecule has 1 unspecified atom stereocenters. The Morgan fingerprint density at radius 1 is 1.15 bits per heavy atom. The maximum atomic E-state index is 11.6. The van der Waals surface area contributed by atoms with E-state index in [4.69, 9.17) is 0 Å². The van der Waals surface area contributed by atoms with Gasteiger partial charge in [0.05, 0.1) is 0 Å². The van der Waals surface area contributed by atoms with Crippen LogP contribution >= 0.6 is 0 Å². The van der Waals surface area contributed by atoms with Crippen LogP contribution in [0, 0.1) is 5.41 Å². The van der Waals surface area contributed by atoms with Gasteiger partial charge in [0.2, 0.25) is 5.91 Å². The van der Waals surface area contributed by atoms with E-state index in [-0.39, 0.29) is 5.91 Å². The second-order valence-electron chi connectivity index (χ2n) is 8.45. The van der Waals surface area contributed by atoms with Gasteiger partial charge in [-0.3, -0.25) is 9.69 Å². The molecule has 3 heterocycles. The third kappa shape index (κ3) is 2.94. The molecule has 1 aliphatic carbocycles. The van der Waals surface area contributed by atoms with Crippen LogP contribution in [0.1, 0.15) is 43.4 Å². The van der Waals surface area contributed by atoms with Gasteiger partial charge in [0.15, 0.2) is 5.82 Å². The lowest BCUT2D eigenvalue weighted by Gasteiger charge is -2.56. The largest absolute Gasteiger partial charge is 0.343 e. The van der Waals surface area contributed by atoms with E-state index >= 15 is 0 Å². The highest BCUT2D eigenvalue weighted by atomic mass is 16.2. The lowest BCUT2D eigenvalue weighted by atomic mass is 9.71. The smallest absolute Gasteiger partial charge is 0.219 e. The zero-order valence-corrected chi connectivity index (χ0v) is 15.9. The molecular formula is C22H26N4O. The van der Waals surface area contributed by atoms with Crippen molar-refractivity contribution in [2.24, 2.45) is 5.41 Å². The number of benzene rings is 1. The summed E-state index contributed by atoms with van der Waals surface area (Å²) < 4.78 is 0. The molecule has 3 aliphatic rings. The normalized spacial score (nSPS) is 23.9. The summed E-state index contributed by atoms with van der Waals surface area (Å²) in [5.41, 5.74) is 4.52. The number of amides is 1. The van der Waals surface area contributed by atoms with Gasteiger partial charge in [-0.2, -0.15) is 0 Å². The molecule has 0 N–H and O–H groups in total. The Kier molecular flexibility index (Phi) is 4.01. The van der Waals surface area contributed by atoms with Crippen molar-refractivity contribution in [3.63, 3.8) is 0 Å². The lowest BCUT2D eigenvalue weighted by Crippen LogP contribution is -2.61. The van der Waals surface area contributed by atoms with Crippen LogP contribution in [0.15, 0.2) is 36.7 Å². The predicted molar refractivity (Wildman–Crippen MR) is 104 cm³/mol. The summed E-state index contributed by atoms with van der Waals surface area (Å²) >= 11 is 0. The molecule has 0 bridgehead atoms. The molecule has 1 aromatic carbocycles. The fourth-order valence-electron chi connectivity index (χ4n) is 5.21. The number of piperidine rings is 1. The van der Waals surface area contributed by atoms with Crippen molar-refractivity contribution >= 4 is 5.91 Å². The Morgan fingerprint density at radius 2 is 1.89 bits per heavy atom. The molecule has 5 heteroatoms. The van der Waals surface area contributed by atoms with Crippen LogP contribution in [0.25, 0.3) is 11.4 Å². The minimum absolute atomic E-state index is 0.226. The van der Waals surface area contributed by atoms with E-state index in [0.717, 1.165) is 43.7 Å². The first-order valence-corrected chi connectivity index (χ1v) is 10.0. The molecule has 1 amide bonds. The Bertz CT molecular complexity index is 850. The second kappa shape index (κ2) is 6.41. The SMILES string of the molecule is CC(=O)N1CCC2(CC1)CN(C1CCc3cc(-c4ncccn4)ccc31)C2. The molecule has 27 heavy (non-hydrogen) atoms. The molecule has 1 aromatic heterocycles. The summed E-state index contributed by atoms with van der Waals surface area (Å²) in [6.45, 7) is 5.93. The number of carbonyl (C=O) groups is 1. The van der Waals surface area contributed by atoms with Crippen molar-refractivity contribution in [2.75, 3.05) is 26.2 Å². The minimum Gasteiger partial charge on any atom is -0.343 e. The van der Waals surface area contributed by atoms with Crippen LogP contribution in [0.2, 0.25) is 0 Å². The molecule has 1 spiro atoms. The molecule has 2 saturated heterocycles. The van der Waals surface area contributed by atoms with Crippen molar-refractivity contribution in [2.45, 2.75) is 38.6 Å². The van der Waals surface area contributed by atoms with E-state index < -0.39 is 0 Å². The van der Waals surface area contributed by atoms with Crippen LogP contribution in [0.5, 0.6) is 0 Å². The first-order chi connectivity index (χ1) is 13.1. The van der Waals surface area contributed by atoms with Gasteiger partial charge in [0.1, 0.15) is 0 Å². The standard InChI is InChI=1S/C22H26N4O/c1-16(27)25-11-7-22(8-12-25)14-26(15-22)20-6-4-17-13-18(3-5-19(17)20)21-23-9-2-10-24-21/h2-3,5,9-10,13,20H,4,6-8,11-12,14-15H2,1H3. The first kappa shape index (κ1) is 16.9. The molecule has 140 valence electrons. The topological polar surface area (TPSA) is 49.3 Å². The summed E-state index contributed by atoms with van der Waals surface area (Å²) in [4.78, 5) is 25.0. The van der Waals surface area contributed by atoms with E-state index in [0.29, 0.717) is 11.5 Å². The van der Waals surface area contributed by atoms with Crippen molar-refractivity contribution in [3.05, 3.63) is 47.8 Å².